The van der Waals surface area contributed by atoms with Crippen LogP contribution in [0, 0.1) is 6.92 Å². The Morgan fingerprint density at radius 3 is 2.63 bits per heavy atom. The van der Waals surface area contributed by atoms with Crippen LogP contribution in [0.1, 0.15) is 23.7 Å². The molecular formula is C16H19ClN2. The Morgan fingerprint density at radius 1 is 1.21 bits per heavy atom. The Bertz CT molecular complexity index is 526. The van der Waals surface area contributed by atoms with Gasteiger partial charge in [-0.2, -0.15) is 0 Å². The van der Waals surface area contributed by atoms with Crippen LogP contribution in [-0.4, -0.2) is 11.5 Å². The highest BCUT2D eigenvalue weighted by molar-refractivity contribution is 6.17. The van der Waals surface area contributed by atoms with E-state index < -0.39 is 0 Å². The van der Waals surface area contributed by atoms with Crippen LogP contribution in [-0.2, 0) is 12.4 Å². The summed E-state index contributed by atoms with van der Waals surface area (Å²) in [5.74, 6) is 0.568. The lowest BCUT2D eigenvalue weighted by Crippen LogP contribution is -2.22. The summed E-state index contributed by atoms with van der Waals surface area (Å²) in [6.07, 6.45) is 1.84. The average Bonchev–Trinajstić information content (AvgIpc) is 2.46. The van der Waals surface area contributed by atoms with Crippen LogP contribution in [0.15, 0.2) is 42.6 Å². The Morgan fingerprint density at radius 2 is 2.05 bits per heavy atom. The van der Waals surface area contributed by atoms with Crippen LogP contribution in [0.5, 0.6) is 0 Å². The van der Waals surface area contributed by atoms with Crippen LogP contribution in [0.4, 0.5) is 5.69 Å². The third-order valence-corrected chi connectivity index (χ3v) is 3.58. The van der Waals surface area contributed by atoms with Gasteiger partial charge < -0.3 is 4.90 Å². The van der Waals surface area contributed by atoms with Gasteiger partial charge in [0.25, 0.3) is 0 Å². The predicted molar refractivity (Wildman–Crippen MR) is 81.7 cm³/mol. The van der Waals surface area contributed by atoms with E-state index >= 15 is 0 Å². The van der Waals surface area contributed by atoms with Gasteiger partial charge in [0.15, 0.2) is 0 Å². The van der Waals surface area contributed by atoms with E-state index in [0.717, 1.165) is 18.8 Å². The van der Waals surface area contributed by atoms with Crippen molar-refractivity contribution in [1.29, 1.82) is 0 Å². The third kappa shape index (κ3) is 3.48. The molecular weight excluding hydrogens is 256 g/mol. The van der Waals surface area contributed by atoms with Crippen molar-refractivity contribution in [3.05, 3.63) is 59.4 Å². The first-order valence-corrected chi connectivity index (χ1v) is 7.08. The van der Waals surface area contributed by atoms with Crippen molar-refractivity contribution in [3.8, 4) is 0 Å². The molecule has 0 bridgehead atoms. The second-order valence-corrected chi connectivity index (χ2v) is 4.85. The van der Waals surface area contributed by atoms with E-state index in [-0.39, 0.29) is 0 Å². The number of nitrogens with zero attached hydrogens (tertiary/aromatic N) is 2. The normalized spacial score (nSPS) is 10.5. The zero-order valence-electron chi connectivity index (χ0n) is 11.4. The van der Waals surface area contributed by atoms with Gasteiger partial charge in [-0.15, -0.1) is 11.6 Å². The summed E-state index contributed by atoms with van der Waals surface area (Å²) in [4.78, 5) is 6.70. The van der Waals surface area contributed by atoms with Crippen molar-refractivity contribution in [2.24, 2.45) is 0 Å². The number of anilines is 1. The number of rotatable bonds is 5. The smallest absolute Gasteiger partial charge is 0.0601 e. The highest BCUT2D eigenvalue weighted by Crippen LogP contribution is 2.21. The summed E-state index contributed by atoms with van der Waals surface area (Å²) in [7, 11) is 0. The monoisotopic (exact) mass is 274 g/mol. The van der Waals surface area contributed by atoms with Crippen molar-refractivity contribution in [3.63, 3.8) is 0 Å². The Kier molecular flexibility index (Phi) is 4.80. The fraction of sp³-hybridized carbons (Fsp3) is 0.312. The van der Waals surface area contributed by atoms with Crippen LogP contribution in [0.2, 0.25) is 0 Å². The first-order chi connectivity index (χ1) is 9.24. The molecule has 0 fully saturated rings. The lowest BCUT2D eigenvalue weighted by atomic mass is 10.1. The van der Waals surface area contributed by atoms with Crippen LogP contribution < -0.4 is 4.90 Å². The van der Waals surface area contributed by atoms with Gasteiger partial charge in [-0.05, 0) is 49.2 Å². The lowest BCUT2D eigenvalue weighted by molar-refractivity contribution is 0.809. The van der Waals surface area contributed by atoms with E-state index in [4.69, 9.17) is 11.6 Å². The van der Waals surface area contributed by atoms with Gasteiger partial charge in [-0.1, -0.05) is 12.1 Å². The number of alkyl halides is 1. The summed E-state index contributed by atoms with van der Waals surface area (Å²) in [6, 6.07) is 12.5. The summed E-state index contributed by atoms with van der Waals surface area (Å²) in [5.41, 5.74) is 4.74. The number of aryl methyl sites for hydroxylation is 1. The highest BCUT2D eigenvalue weighted by atomic mass is 35.5. The number of pyridine rings is 1. The number of benzene rings is 1. The van der Waals surface area contributed by atoms with Crippen molar-refractivity contribution in [2.75, 3.05) is 11.4 Å². The SMILES string of the molecule is CCN(Cc1ccccn1)c1ccc(CCl)c(C)c1. The first-order valence-electron chi connectivity index (χ1n) is 6.55. The number of hydrogen-bond acceptors (Lipinski definition) is 2. The number of halogens is 1. The molecule has 0 aliphatic rings. The summed E-state index contributed by atoms with van der Waals surface area (Å²) < 4.78 is 0. The summed E-state index contributed by atoms with van der Waals surface area (Å²) in [6.45, 7) is 6.05. The van der Waals surface area contributed by atoms with Gasteiger partial charge in [0.2, 0.25) is 0 Å². The largest absolute Gasteiger partial charge is 0.366 e. The standard InChI is InChI=1S/C16H19ClN2/c1-3-19(12-15-6-4-5-9-18-15)16-8-7-14(11-17)13(2)10-16/h4-10H,3,11-12H2,1-2H3. The molecule has 0 atom stereocenters. The zero-order valence-corrected chi connectivity index (χ0v) is 12.2. The molecule has 0 saturated carbocycles. The fourth-order valence-corrected chi connectivity index (χ4v) is 2.40. The fourth-order valence-electron chi connectivity index (χ4n) is 2.10. The predicted octanol–water partition coefficient (Wildman–Crippen LogP) is 4.16. The minimum absolute atomic E-state index is 0.568. The van der Waals surface area contributed by atoms with E-state index in [1.54, 1.807) is 0 Å². The van der Waals surface area contributed by atoms with Crippen molar-refractivity contribution in [1.82, 2.24) is 4.98 Å². The second kappa shape index (κ2) is 6.58. The molecule has 2 aromatic rings. The highest BCUT2D eigenvalue weighted by Gasteiger charge is 2.07. The van der Waals surface area contributed by atoms with Crippen molar-refractivity contribution in [2.45, 2.75) is 26.3 Å². The molecule has 0 aliphatic heterocycles. The molecule has 0 radical (unpaired) electrons. The summed E-state index contributed by atoms with van der Waals surface area (Å²) in [5, 5.41) is 0. The number of aromatic nitrogens is 1. The van der Waals surface area contributed by atoms with Gasteiger partial charge in [-0.3, -0.25) is 4.98 Å². The van der Waals surface area contributed by atoms with E-state index in [9.17, 15) is 0 Å². The van der Waals surface area contributed by atoms with Gasteiger partial charge >= 0.3 is 0 Å². The van der Waals surface area contributed by atoms with Gasteiger partial charge in [0.1, 0.15) is 0 Å². The van der Waals surface area contributed by atoms with E-state index in [0.29, 0.717) is 5.88 Å². The molecule has 1 aromatic carbocycles. The van der Waals surface area contributed by atoms with Crippen molar-refractivity contribution >= 4 is 17.3 Å². The molecule has 0 amide bonds. The van der Waals surface area contributed by atoms with E-state index in [2.05, 4.69) is 48.0 Å². The third-order valence-electron chi connectivity index (χ3n) is 3.30. The Labute approximate surface area is 120 Å². The molecule has 100 valence electrons. The molecule has 1 aromatic heterocycles. The topological polar surface area (TPSA) is 16.1 Å². The maximum absolute atomic E-state index is 5.90. The van der Waals surface area contributed by atoms with E-state index in [1.807, 2.05) is 18.3 Å². The molecule has 2 nitrogen and oxygen atoms in total. The van der Waals surface area contributed by atoms with Gasteiger partial charge in [0.05, 0.1) is 12.2 Å². The quantitative estimate of drug-likeness (QED) is 0.761. The molecule has 0 aliphatic carbocycles. The van der Waals surface area contributed by atoms with Crippen LogP contribution in [0.3, 0.4) is 0 Å². The Balaban J connectivity index is 2.20. The average molecular weight is 275 g/mol. The molecule has 0 N–H and O–H groups in total. The molecule has 0 spiro atoms. The maximum Gasteiger partial charge on any atom is 0.0601 e. The minimum Gasteiger partial charge on any atom is -0.366 e. The van der Waals surface area contributed by atoms with E-state index in [1.165, 1.54) is 16.8 Å². The minimum atomic E-state index is 0.568. The molecule has 0 saturated heterocycles. The lowest BCUT2D eigenvalue weighted by Gasteiger charge is -2.23. The summed E-state index contributed by atoms with van der Waals surface area (Å²) >= 11 is 5.90. The maximum atomic E-state index is 5.90. The number of hydrogen-bond donors (Lipinski definition) is 0. The Hall–Kier alpha value is -1.54. The molecule has 19 heavy (non-hydrogen) atoms. The van der Waals surface area contributed by atoms with Gasteiger partial charge in [-0.25, -0.2) is 0 Å². The molecule has 1 heterocycles. The van der Waals surface area contributed by atoms with Gasteiger partial charge in [0, 0.05) is 24.3 Å². The second-order valence-electron chi connectivity index (χ2n) is 4.58. The molecule has 2 rings (SSSR count). The van der Waals surface area contributed by atoms with Crippen LogP contribution in [0.25, 0.3) is 0 Å². The van der Waals surface area contributed by atoms with Crippen molar-refractivity contribution < 1.29 is 0 Å². The zero-order chi connectivity index (χ0) is 13.7. The molecule has 0 unspecified atom stereocenters. The first kappa shape index (κ1) is 13.9. The molecule has 3 heteroatoms. The van der Waals surface area contributed by atoms with Crippen LogP contribution >= 0.6 is 11.6 Å².